The molecule has 2 nitrogen and oxygen atoms in total. The summed E-state index contributed by atoms with van der Waals surface area (Å²) in [5.41, 5.74) is 0.976. The van der Waals surface area contributed by atoms with Crippen LogP contribution in [0, 0.1) is 5.92 Å². The number of hydrogen-bond acceptors (Lipinski definition) is 2. The van der Waals surface area contributed by atoms with Crippen molar-refractivity contribution in [2.45, 2.75) is 34.1 Å². The lowest BCUT2D eigenvalue weighted by atomic mass is 10.1. The minimum Gasteiger partial charge on any atom is -0.463 e. The molecule has 0 fully saturated rings. The Balaban J connectivity index is 3.52. The molecule has 0 aromatic rings. The molecule has 2 heteroatoms. The maximum Gasteiger partial charge on any atom is 0.330 e. The zero-order valence-electron chi connectivity index (χ0n) is 8.39. The Morgan fingerprint density at radius 1 is 1.42 bits per heavy atom. The van der Waals surface area contributed by atoms with Crippen LogP contribution in [0.3, 0.4) is 0 Å². The standard InChI is InChI=1S/C10H18O2/c1-8(2)5-6-12-10(11)7-9(3)4/h7-8H,5-6H2,1-4H3. The van der Waals surface area contributed by atoms with E-state index in [9.17, 15) is 4.79 Å². The zero-order valence-corrected chi connectivity index (χ0v) is 8.39. The summed E-state index contributed by atoms with van der Waals surface area (Å²) < 4.78 is 4.95. The first-order valence-electron chi connectivity index (χ1n) is 4.34. The van der Waals surface area contributed by atoms with E-state index in [2.05, 4.69) is 13.8 Å². The van der Waals surface area contributed by atoms with Gasteiger partial charge < -0.3 is 4.74 Å². The number of rotatable bonds is 4. The van der Waals surface area contributed by atoms with Gasteiger partial charge in [-0.1, -0.05) is 19.4 Å². The molecule has 0 saturated carbocycles. The van der Waals surface area contributed by atoms with E-state index in [0.717, 1.165) is 12.0 Å². The fraction of sp³-hybridized carbons (Fsp3) is 0.700. The summed E-state index contributed by atoms with van der Waals surface area (Å²) >= 11 is 0. The van der Waals surface area contributed by atoms with Crippen LogP contribution in [0.1, 0.15) is 34.1 Å². The van der Waals surface area contributed by atoms with Crippen LogP contribution < -0.4 is 0 Å². The molecule has 0 N–H and O–H groups in total. The second kappa shape index (κ2) is 5.81. The predicted octanol–water partition coefficient (Wildman–Crippen LogP) is 2.54. The van der Waals surface area contributed by atoms with Crippen LogP contribution in [0.2, 0.25) is 0 Å². The molecule has 0 rings (SSSR count). The summed E-state index contributed by atoms with van der Waals surface area (Å²) in [7, 11) is 0. The van der Waals surface area contributed by atoms with Gasteiger partial charge >= 0.3 is 5.97 Å². The van der Waals surface area contributed by atoms with Crippen LogP contribution >= 0.6 is 0 Å². The van der Waals surface area contributed by atoms with Crippen molar-refractivity contribution in [3.05, 3.63) is 11.6 Å². The van der Waals surface area contributed by atoms with Crippen LogP contribution in [-0.4, -0.2) is 12.6 Å². The largest absolute Gasteiger partial charge is 0.463 e. The van der Waals surface area contributed by atoms with E-state index in [1.807, 2.05) is 13.8 Å². The molecule has 12 heavy (non-hydrogen) atoms. The van der Waals surface area contributed by atoms with Crippen molar-refractivity contribution in [3.63, 3.8) is 0 Å². The van der Waals surface area contributed by atoms with Crippen LogP contribution in [0.15, 0.2) is 11.6 Å². The Hall–Kier alpha value is -0.790. The summed E-state index contributed by atoms with van der Waals surface area (Å²) in [4.78, 5) is 10.9. The van der Waals surface area contributed by atoms with Gasteiger partial charge in [-0.3, -0.25) is 0 Å². The van der Waals surface area contributed by atoms with E-state index in [4.69, 9.17) is 4.74 Å². The van der Waals surface area contributed by atoms with Gasteiger partial charge in [-0.05, 0) is 26.2 Å². The van der Waals surface area contributed by atoms with Crippen molar-refractivity contribution in [3.8, 4) is 0 Å². The summed E-state index contributed by atoms with van der Waals surface area (Å²) in [5.74, 6) is 0.361. The van der Waals surface area contributed by atoms with E-state index >= 15 is 0 Å². The van der Waals surface area contributed by atoms with E-state index in [1.54, 1.807) is 0 Å². The SMILES string of the molecule is CC(C)=CC(=O)OCCC(C)C. The lowest BCUT2D eigenvalue weighted by Gasteiger charge is -2.04. The first-order valence-corrected chi connectivity index (χ1v) is 4.34. The molecule has 0 bridgehead atoms. The Morgan fingerprint density at radius 3 is 2.42 bits per heavy atom. The lowest BCUT2D eigenvalue weighted by Crippen LogP contribution is -2.05. The van der Waals surface area contributed by atoms with Crippen LogP contribution in [0.25, 0.3) is 0 Å². The van der Waals surface area contributed by atoms with Crippen molar-refractivity contribution in [1.82, 2.24) is 0 Å². The van der Waals surface area contributed by atoms with Gasteiger partial charge in [0.1, 0.15) is 0 Å². The third-order valence-corrected chi connectivity index (χ3v) is 1.35. The van der Waals surface area contributed by atoms with Crippen molar-refractivity contribution in [1.29, 1.82) is 0 Å². The molecule has 0 aromatic heterocycles. The third-order valence-electron chi connectivity index (χ3n) is 1.35. The minimum absolute atomic E-state index is 0.226. The maximum atomic E-state index is 10.9. The highest BCUT2D eigenvalue weighted by Gasteiger charge is 1.98. The molecule has 0 saturated heterocycles. The van der Waals surface area contributed by atoms with Gasteiger partial charge in [-0.2, -0.15) is 0 Å². The summed E-state index contributed by atoms with van der Waals surface area (Å²) in [5, 5.41) is 0. The molecule has 0 aromatic carbocycles. The molecular formula is C10H18O2. The van der Waals surface area contributed by atoms with Gasteiger partial charge in [0.15, 0.2) is 0 Å². The van der Waals surface area contributed by atoms with E-state index < -0.39 is 0 Å². The molecule has 0 amide bonds. The van der Waals surface area contributed by atoms with Crippen LogP contribution in [-0.2, 0) is 9.53 Å². The molecule has 0 aliphatic heterocycles. The minimum atomic E-state index is -0.226. The van der Waals surface area contributed by atoms with E-state index in [0.29, 0.717) is 12.5 Å². The normalized spacial score (nSPS) is 9.75. The van der Waals surface area contributed by atoms with E-state index in [-0.39, 0.29) is 5.97 Å². The molecule has 0 atom stereocenters. The maximum absolute atomic E-state index is 10.9. The molecule has 70 valence electrons. The van der Waals surface area contributed by atoms with Crippen molar-refractivity contribution in [2.24, 2.45) is 5.92 Å². The van der Waals surface area contributed by atoms with Crippen molar-refractivity contribution < 1.29 is 9.53 Å². The van der Waals surface area contributed by atoms with Gasteiger partial charge in [0, 0.05) is 6.08 Å². The topological polar surface area (TPSA) is 26.3 Å². The second-order valence-electron chi connectivity index (χ2n) is 3.57. The highest BCUT2D eigenvalue weighted by molar-refractivity contribution is 5.82. The van der Waals surface area contributed by atoms with Gasteiger partial charge in [-0.15, -0.1) is 0 Å². The molecule has 0 spiro atoms. The number of ether oxygens (including phenoxy) is 1. The fourth-order valence-corrected chi connectivity index (χ4v) is 0.673. The number of allylic oxidation sites excluding steroid dienone is 1. The number of hydrogen-bond donors (Lipinski definition) is 0. The molecule has 0 unspecified atom stereocenters. The highest BCUT2D eigenvalue weighted by atomic mass is 16.5. The third kappa shape index (κ3) is 7.32. The van der Waals surface area contributed by atoms with Gasteiger partial charge in [-0.25, -0.2) is 4.79 Å². The summed E-state index contributed by atoms with van der Waals surface area (Å²) in [6.45, 7) is 8.50. The molecular weight excluding hydrogens is 152 g/mol. The van der Waals surface area contributed by atoms with Gasteiger partial charge in [0.05, 0.1) is 6.61 Å². The Labute approximate surface area is 74.6 Å². The Bertz CT molecular complexity index is 165. The highest BCUT2D eigenvalue weighted by Crippen LogP contribution is 1.99. The quantitative estimate of drug-likeness (QED) is 0.478. The first-order chi connectivity index (χ1) is 5.52. The van der Waals surface area contributed by atoms with Crippen LogP contribution in [0.5, 0.6) is 0 Å². The van der Waals surface area contributed by atoms with Gasteiger partial charge in [0.2, 0.25) is 0 Å². The second-order valence-corrected chi connectivity index (χ2v) is 3.57. The summed E-state index contributed by atoms with van der Waals surface area (Å²) in [6, 6.07) is 0. The molecule has 0 aliphatic rings. The number of carbonyl (C=O) groups is 1. The Morgan fingerprint density at radius 2 is 2.00 bits per heavy atom. The first kappa shape index (κ1) is 11.2. The monoisotopic (exact) mass is 170 g/mol. The smallest absolute Gasteiger partial charge is 0.330 e. The number of carbonyl (C=O) groups excluding carboxylic acids is 1. The Kier molecular flexibility index (Phi) is 5.43. The molecule has 0 heterocycles. The van der Waals surface area contributed by atoms with Crippen LogP contribution in [0.4, 0.5) is 0 Å². The average molecular weight is 170 g/mol. The predicted molar refractivity (Wildman–Crippen MR) is 49.8 cm³/mol. The fourth-order valence-electron chi connectivity index (χ4n) is 0.673. The zero-order chi connectivity index (χ0) is 9.56. The summed E-state index contributed by atoms with van der Waals surface area (Å²) in [6.07, 6.45) is 2.45. The lowest BCUT2D eigenvalue weighted by molar-refractivity contribution is -0.138. The van der Waals surface area contributed by atoms with Gasteiger partial charge in [0.25, 0.3) is 0 Å². The van der Waals surface area contributed by atoms with Crippen molar-refractivity contribution in [2.75, 3.05) is 6.61 Å². The molecule has 0 aliphatic carbocycles. The molecule has 0 radical (unpaired) electrons. The van der Waals surface area contributed by atoms with Crippen molar-refractivity contribution >= 4 is 5.97 Å². The van der Waals surface area contributed by atoms with E-state index in [1.165, 1.54) is 6.08 Å². The average Bonchev–Trinajstić information content (AvgIpc) is 1.84. The number of esters is 1.